The average Bonchev–Trinajstić information content (AvgIpc) is 2.80. The third kappa shape index (κ3) is 5.38. The summed E-state index contributed by atoms with van der Waals surface area (Å²) < 4.78 is 42.6. The highest BCUT2D eigenvalue weighted by Crippen LogP contribution is 2.38. The summed E-state index contributed by atoms with van der Waals surface area (Å²) in [6.45, 7) is 11.0. The van der Waals surface area contributed by atoms with Gasteiger partial charge < -0.3 is 5.11 Å². The first-order valence-corrected chi connectivity index (χ1v) is 12.0. The van der Waals surface area contributed by atoms with Gasteiger partial charge in [-0.15, -0.1) is 0 Å². The first-order valence-electron chi connectivity index (χ1n) is 12.0. The van der Waals surface area contributed by atoms with Crippen LogP contribution in [0.4, 0.5) is 13.2 Å². The van der Waals surface area contributed by atoms with E-state index in [0.29, 0.717) is 12.8 Å². The molecular weight excluding hydrogens is 433 g/mol. The minimum Gasteiger partial charge on any atom is -0.392 e. The monoisotopic (exact) mass is 468 g/mol. The molecule has 0 amide bonds. The zero-order valence-corrected chi connectivity index (χ0v) is 20.6. The Balaban J connectivity index is 2.17. The Hall–Kier alpha value is -2.59. The fourth-order valence-corrected chi connectivity index (χ4v) is 4.64. The van der Waals surface area contributed by atoms with Gasteiger partial charge in [-0.05, 0) is 76.3 Å². The molecule has 0 fully saturated rings. The second-order valence-corrected chi connectivity index (χ2v) is 9.52. The number of hydrogen-bond donors (Lipinski definition) is 1. The molecule has 2 aromatic rings. The molecule has 1 aliphatic carbocycles. The molecule has 0 aromatic heterocycles. The number of aliphatic hydroxyl groups excluding tert-OH is 1. The molecule has 2 aromatic carbocycles. The first-order chi connectivity index (χ1) is 16.1. The van der Waals surface area contributed by atoms with Crippen molar-refractivity contribution in [3.63, 3.8) is 0 Å². The number of aryl methyl sites for hydroxylation is 1. The van der Waals surface area contributed by atoms with Crippen LogP contribution in [0.5, 0.6) is 0 Å². The van der Waals surface area contributed by atoms with Crippen LogP contribution in [0.25, 0.3) is 5.57 Å². The van der Waals surface area contributed by atoms with Crippen LogP contribution in [-0.2, 0) is 25.4 Å². The van der Waals surface area contributed by atoms with Crippen molar-refractivity contribution < 1.29 is 18.3 Å². The van der Waals surface area contributed by atoms with Crippen LogP contribution in [0.2, 0.25) is 0 Å². The smallest absolute Gasteiger partial charge is 0.294 e. The highest BCUT2D eigenvalue weighted by molar-refractivity contribution is 5.81. The molecule has 1 nitrogen and oxygen atoms in total. The third-order valence-electron chi connectivity index (χ3n) is 6.54. The topological polar surface area (TPSA) is 20.2 Å². The molecule has 0 heterocycles. The summed E-state index contributed by atoms with van der Waals surface area (Å²) in [5.74, 6) is -2.84. The van der Waals surface area contributed by atoms with Crippen molar-refractivity contribution >= 4 is 5.57 Å². The Morgan fingerprint density at radius 3 is 2.35 bits per heavy atom. The maximum atomic E-state index is 14.4. The first kappa shape index (κ1) is 26.0. The number of benzene rings is 2. The number of hydrogen-bond acceptors (Lipinski definition) is 1. The van der Waals surface area contributed by atoms with Gasteiger partial charge in [-0.2, -0.15) is 8.78 Å². The van der Waals surface area contributed by atoms with Crippen molar-refractivity contribution in [1.82, 2.24) is 0 Å². The number of allylic oxidation sites excluding steroid dienone is 5. The van der Waals surface area contributed by atoms with Crippen LogP contribution < -0.4 is 0 Å². The highest BCUT2D eigenvalue weighted by atomic mass is 19.3. The molecular formula is C30H35F3O. The maximum absolute atomic E-state index is 14.4. The van der Waals surface area contributed by atoms with Crippen LogP contribution in [-0.4, -0.2) is 11.3 Å². The van der Waals surface area contributed by atoms with Gasteiger partial charge in [-0.1, -0.05) is 76.3 Å². The molecule has 1 atom stereocenters. The van der Waals surface area contributed by atoms with E-state index in [1.807, 2.05) is 12.2 Å². The Morgan fingerprint density at radius 1 is 1.18 bits per heavy atom. The molecule has 1 unspecified atom stereocenters. The highest BCUT2D eigenvalue weighted by Gasteiger charge is 2.32. The van der Waals surface area contributed by atoms with Gasteiger partial charge >= 0.3 is 0 Å². The Morgan fingerprint density at radius 2 is 1.85 bits per heavy atom. The van der Waals surface area contributed by atoms with Gasteiger partial charge in [0.2, 0.25) is 0 Å². The van der Waals surface area contributed by atoms with Crippen LogP contribution >= 0.6 is 0 Å². The van der Waals surface area contributed by atoms with Crippen molar-refractivity contribution in [2.24, 2.45) is 0 Å². The summed E-state index contributed by atoms with van der Waals surface area (Å²) in [6, 6.07) is 8.59. The van der Waals surface area contributed by atoms with Gasteiger partial charge in [0.15, 0.2) is 0 Å². The zero-order chi connectivity index (χ0) is 25.0. The van der Waals surface area contributed by atoms with Gasteiger partial charge in [0.25, 0.3) is 5.92 Å². The molecule has 0 bridgehead atoms. The molecule has 0 radical (unpaired) electrons. The lowest BCUT2D eigenvalue weighted by molar-refractivity contribution is 0.0385. The van der Waals surface area contributed by atoms with Crippen molar-refractivity contribution in [2.75, 3.05) is 0 Å². The fraction of sp³-hybridized carbons (Fsp3) is 0.400. The Bertz CT molecular complexity index is 1090. The second kappa shape index (κ2) is 10.8. The van der Waals surface area contributed by atoms with E-state index < -0.39 is 12.1 Å². The summed E-state index contributed by atoms with van der Waals surface area (Å²) in [7, 11) is 0. The number of halogens is 3. The molecule has 0 spiro atoms. The largest absolute Gasteiger partial charge is 0.392 e. The third-order valence-corrected chi connectivity index (χ3v) is 6.54. The molecule has 3 rings (SSSR count). The molecule has 4 heteroatoms. The lowest BCUT2D eigenvalue weighted by atomic mass is 9.80. The van der Waals surface area contributed by atoms with Gasteiger partial charge in [0.1, 0.15) is 6.17 Å². The summed E-state index contributed by atoms with van der Waals surface area (Å²) in [6.07, 6.45) is 6.90. The lowest BCUT2D eigenvalue weighted by Gasteiger charge is -2.26. The predicted octanol–water partition coefficient (Wildman–Crippen LogP) is 8.19. The van der Waals surface area contributed by atoms with E-state index in [9.17, 15) is 18.3 Å². The van der Waals surface area contributed by atoms with E-state index in [0.717, 1.165) is 46.2 Å². The van der Waals surface area contributed by atoms with E-state index in [1.54, 1.807) is 18.2 Å². The van der Waals surface area contributed by atoms with E-state index in [4.69, 9.17) is 0 Å². The van der Waals surface area contributed by atoms with Crippen LogP contribution in [0.15, 0.2) is 60.7 Å². The quantitative estimate of drug-likeness (QED) is 0.368. The number of aliphatic hydroxyl groups is 1. The average molecular weight is 469 g/mol. The fourth-order valence-electron chi connectivity index (χ4n) is 4.64. The van der Waals surface area contributed by atoms with E-state index >= 15 is 0 Å². The maximum Gasteiger partial charge on any atom is 0.294 e. The normalized spacial score (nSPS) is 16.1. The molecule has 0 saturated heterocycles. The molecule has 0 aliphatic heterocycles. The van der Waals surface area contributed by atoms with Crippen LogP contribution in [0.1, 0.15) is 85.4 Å². The van der Waals surface area contributed by atoms with Gasteiger partial charge in [0.05, 0.1) is 6.61 Å². The van der Waals surface area contributed by atoms with Crippen LogP contribution in [0.3, 0.4) is 0 Å². The molecule has 1 aliphatic rings. The van der Waals surface area contributed by atoms with Crippen LogP contribution in [0, 0.1) is 0 Å². The number of rotatable bonds is 9. The predicted molar refractivity (Wildman–Crippen MR) is 135 cm³/mol. The zero-order valence-electron chi connectivity index (χ0n) is 20.6. The molecule has 34 heavy (non-hydrogen) atoms. The number of alkyl halides is 3. The van der Waals surface area contributed by atoms with E-state index in [-0.39, 0.29) is 23.7 Å². The SMILES string of the molecule is C=C(C)C(F)(F)c1ccc(Cc2c(C(C)C)cc(CCC)c(CO)c2C2=CCC(F)C=C2)cc1. The summed E-state index contributed by atoms with van der Waals surface area (Å²) >= 11 is 0. The van der Waals surface area contributed by atoms with Gasteiger partial charge in [0, 0.05) is 12.0 Å². The minimum atomic E-state index is -3.07. The van der Waals surface area contributed by atoms with Gasteiger partial charge in [-0.3, -0.25) is 0 Å². The Kier molecular flexibility index (Phi) is 8.25. The van der Waals surface area contributed by atoms with Crippen molar-refractivity contribution in [2.45, 2.75) is 78.0 Å². The molecule has 182 valence electrons. The van der Waals surface area contributed by atoms with Gasteiger partial charge in [-0.25, -0.2) is 4.39 Å². The van der Waals surface area contributed by atoms with Crippen molar-refractivity contribution in [1.29, 1.82) is 0 Å². The molecule has 1 N–H and O–H groups in total. The van der Waals surface area contributed by atoms with Crippen molar-refractivity contribution in [3.8, 4) is 0 Å². The minimum absolute atomic E-state index is 0.0747. The van der Waals surface area contributed by atoms with E-state index in [2.05, 4.69) is 33.4 Å². The summed E-state index contributed by atoms with van der Waals surface area (Å²) in [5.41, 5.74) is 6.73. The van der Waals surface area contributed by atoms with E-state index in [1.165, 1.54) is 24.6 Å². The molecule has 0 saturated carbocycles. The lowest BCUT2D eigenvalue weighted by Crippen LogP contribution is -2.14. The second-order valence-electron chi connectivity index (χ2n) is 9.52. The summed E-state index contributed by atoms with van der Waals surface area (Å²) in [5, 5.41) is 10.4. The summed E-state index contributed by atoms with van der Waals surface area (Å²) in [4.78, 5) is 0. The standard InChI is InChI=1S/C30H35F3O/c1-6-7-23-17-26(19(2)3)27(29(28(23)18-34)22-10-14-25(31)15-11-22)16-21-8-12-24(13-9-21)30(32,33)20(4)5/h8-14,17,19,25,34H,4,6-7,15-16,18H2,1-3,5H3. The van der Waals surface area contributed by atoms with Crippen molar-refractivity contribution in [3.05, 3.63) is 99.7 Å². The Labute approximate surface area is 201 Å².